The van der Waals surface area contributed by atoms with Crippen LogP contribution in [0.4, 0.5) is 5.69 Å². The Kier molecular flexibility index (Phi) is 4.04. The molecule has 4 nitrogen and oxygen atoms in total. The third-order valence-electron chi connectivity index (χ3n) is 2.78. The van der Waals surface area contributed by atoms with Crippen LogP contribution in [0.15, 0.2) is 55.1 Å². The number of sulfonamides is 1. The van der Waals surface area contributed by atoms with E-state index in [2.05, 4.69) is 41.6 Å². The van der Waals surface area contributed by atoms with E-state index in [0.717, 1.165) is 26.0 Å². The number of pyridine rings is 1. The first-order valence-electron chi connectivity index (χ1n) is 5.79. The first kappa shape index (κ1) is 15.0. The van der Waals surface area contributed by atoms with Gasteiger partial charge >= 0.3 is 0 Å². The second-order valence-electron chi connectivity index (χ2n) is 4.17. The van der Waals surface area contributed by atoms with Crippen LogP contribution in [0.3, 0.4) is 0 Å². The summed E-state index contributed by atoms with van der Waals surface area (Å²) in [6, 6.07) is 10.5. The van der Waals surface area contributed by atoms with Crippen LogP contribution >= 0.6 is 43.2 Å². The van der Waals surface area contributed by atoms with Crippen LogP contribution in [-0.2, 0) is 10.0 Å². The summed E-state index contributed by atoms with van der Waals surface area (Å²) in [6.07, 6.45) is 1.67. The molecule has 2 heterocycles. The van der Waals surface area contributed by atoms with E-state index < -0.39 is 10.0 Å². The number of thiophene rings is 1. The van der Waals surface area contributed by atoms with Crippen LogP contribution in [-0.4, -0.2) is 13.4 Å². The molecule has 3 rings (SSSR count). The van der Waals surface area contributed by atoms with E-state index in [9.17, 15) is 8.42 Å². The molecule has 0 atom stereocenters. The second kappa shape index (κ2) is 5.68. The molecule has 3 aromatic rings. The maximum atomic E-state index is 12.4. The summed E-state index contributed by atoms with van der Waals surface area (Å²) in [4.78, 5) is 4.22. The summed E-state index contributed by atoms with van der Waals surface area (Å²) >= 11 is 7.75. The Morgan fingerprint density at radius 3 is 2.67 bits per heavy atom. The van der Waals surface area contributed by atoms with Gasteiger partial charge in [-0.1, -0.05) is 6.07 Å². The number of aromatic nitrogens is 1. The molecule has 0 aliphatic carbocycles. The molecule has 0 fully saturated rings. The van der Waals surface area contributed by atoms with Gasteiger partial charge in [-0.15, -0.1) is 11.3 Å². The number of benzene rings is 1. The monoisotopic (exact) mass is 446 g/mol. The molecule has 1 N–H and O–H groups in total. The van der Waals surface area contributed by atoms with Crippen molar-refractivity contribution >= 4 is 69.8 Å². The highest BCUT2D eigenvalue weighted by atomic mass is 79.9. The van der Waals surface area contributed by atoms with Crippen LogP contribution in [0.5, 0.6) is 0 Å². The molecule has 1 aromatic carbocycles. The summed E-state index contributed by atoms with van der Waals surface area (Å²) < 4.78 is 29.2. The summed E-state index contributed by atoms with van der Waals surface area (Å²) in [6.45, 7) is 0. The van der Waals surface area contributed by atoms with Gasteiger partial charge in [-0.05, 0) is 62.2 Å². The highest BCUT2D eigenvalue weighted by Crippen LogP contribution is 2.36. The van der Waals surface area contributed by atoms with Gasteiger partial charge in [-0.25, -0.2) is 8.42 Å². The fourth-order valence-corrected chi connectivity index (χ4v) is 5.75. The molecular formula is C13H8Br2N2O2S2. The zero-order valence-corrected chi connectivity index (χ0v) is 15.2. The lowest BCUT2D eigenvalue weighted by atomic mass is 10.2. The predicted octanol–water partition coefficient (Wildman–Crippen LogP) is 4.62. The van der Waals surface area contributed by atoms with Crippen LogP contribution in [0.25, 0.3) is 10.9 Å². The molecule has 0 aliphatic rings. The maximum Gasteiger partial charge on any atom is 0.271 e. The van der Waals surface area contributed by atoms with Gasteiger partial charge in [0.1, 0.15) is 4.21 Å². The van der Waals surface area contributed by atoms with Crippen molar-refractivity contribution in [2.45, 2.75) is 4.21 Å². The Morgan fingerprint density at radius 2 is 1.95 bits per heavy atom. The number of nitrogens with zero attached hydrogens (tertiary/aromatic N) is 1. The van der Waals surface area contributed by atoms with Crippen molar-refractivity contribution in [3.63, 3.8) is 0 Å². The lowest BCUT2D eigenvalue weighted by Crippen LogP contribution is -2.11. The lowest BCUT2D eigenvalue weighted by molar-refractivity contribution is 0.603. The van der Waals surface area contributed by atoms with Crippen molar-refractivity contribution in [3.05, 3.63) is 50.9 Å². The van der Waals surface area contributed by atoms with Crippen LogP contribution in [0.1, 0.15) is 0 Å². The molecule has 0 amide bonds. The molecule has 0 saturated carbocycles. The third kappa shape index (κ3) is 2.98. The van der Waals surface area contributed by atoms with E-state index in [1.807, 2.05) is 12.1 Å². The number of nitrogens with one attached hydrogen (secondary N) is 1. The molecule has 0 spiro atoms. The van der Waals surface area contributed by atoms with Crippen molar-refractivity contribution in [1.29, 1.82) is 0 Å². The van der Waals surface area contributed by atoms with E-state index in [1.165, 1.54) is 0 Å². The van der Waals surface area contributed by atoms with Crippen molar-refractivity contribution in [2.24, 2.45) is 0 Å². The molecule has 8 heteroatoms. The van der Waals surface area contributed by atoms with Gasteiger partial charge < -0.3 is 0 Å². The Hall–Kier alpha value is -0.960. The van der Waals surface area contributed by atoms with Gasteiger partial charge in [-0.2, -0.15) is 0 Å². The minimum absolute atomic E-state index is 0.238. The summed E-state index contributed by atoms with van der Waals surface area (Å²) in [5.41, 5.74) is 1.26. The molecule has 0 radical (unpaired) electrons. The molecule has 2 aromatic heterocycles. The number of hydrogen-bond acceptors (Lipinski definition) is 4. The average Bonchev–Trinajstić information content (AvgIpc) is 2.80. The summed E-state index contributed by atoms with van der Waals surface area (Å²) in [5, 5.41) is 0.762. The Morgan fingerprint density at radius 1 is 1.14 bits per heavy atom. The van der Waals surface area contributed by atoms with Gasteiger partial charge in [0, 0.05) is 16.1 Å². The molecule has 0 saturated heterocycles. The fourth-order valence-electron chi connectivity index (χ4n) is 1.85. The first-order valence-corrected chi connectivity index (χ1v) is 9.67. The molecule has 108 valence electrons. The van der Waals surface area contributed by atoms with Gasteiger partial charge in [0.2, 0.25) is 0 Å². The summed E-state index contributed by atoms with van der Waals surface area (Å²) in [5.74, 6) is 0. The number of hydrogen-bond donors (Lipinski definition) is 1. The minimum Gasteiger partial charge on any atom is -0.278 e. The lowest BCUT2D eigenvalue weighted by Gasteiger charge is -2.08. The van der Waals surface area contributed by atoms with Crippen molar-refractivity contribution in [2.75, 3.05) is 4.72 Å². The van der Waals surface area contributed by atoms with Crippen LogP contribution in [0.2, 0.25) is 0 Å². The highest BCUT2D eigenvalue weighted by molar-refractivity contribution is 9.13. The van der Waals surface area contributed by atoms with Crippen LogP contribution < -0.4 is 4.72 Å². The van der Waals surface area contributed by atoms with E-state index >= 15 is 0 Å². The Balaban J connectivity index is 2.05. The predicted molar refractivity (Wildman–Crippen MR) is 92.3 cm³/mol. The van der Waals surface area contributed by atoms with Crippen molar-refractivity contribution in [1.82, 2.24) is 4.98 Å². The normalized spacial score (nSPS) is 11.7. The quantitative estimate of drug-likeness (QED) is 0.637. The molecule has 21 heavy (non-hydrogen) atoms. The highest BCUT2D eigenvalue weighted by Gasteiger charge is 2.19. The first-order chi connectivity index (χ1) is 9.97. The minimum atomic E-state index is -3.63. The van der Waals surface area contributed by atoms with Gasteiger partial charge in [0.05, 0.1) is 15.0 Å². The van der Waals surface area contributed by atoms with E-state index in [4.69, 9.17) is 0 Å². The number of rotatable bonds is 3. The van der Waals surface area contributed by atoms with E-state index in [0.29, 0.717) is 10.2 Å². The van der Waals surface area contributed by atoms with Crippen LogP contribution in [0, 0.1) is 0 Å². The van der Waals surface area contributed by atoms with Gasteiger partial charge in [-0.3, -0.25) is 9.71 Å². The largest absolute Gasteiger partial charge is 0.278 e. The standard InChI is InChI=1S/C13H8Br2N2O2S2/c14-9-7-12(20-13(9)15)21(18,19)17-11-5-1-4-10-8(11)3-2-6-16-10/h1-7,17H. The molecule has 0 aliphatic heterocycles. The molecule has 0 unspecified atom stereocenters. The Bertz CT molecular complexity index is 898. The van der Waals surface area contributed by atoms with E-state index in [-0.39, 0.29) is 4.21 Å². The van der Waals surface area contributed by atoms with E-state index in [1.54, 1.807) is 30.5 Å². The Labute approximate surface area is 142 Å². The number of fused-ring (bicyclic) bond motifs is 1. The number of halogens is 2. The second-order valence-corrected chi connectivity index (χ2v) is 9.30. The third-order valence-corrected chi connectivity index (χ3v) is 7.87. The van der Waals surface area contributed by atoms with Gasteiger partial charge in [0.25, 0.3) is 10.0 Å². The maximum absolute atomic E-state index is 12.4. The van der Waals surface area contributed by atoms with Crippen molar-refractivity contribution in [3.8, 4) is 0 Å². The van der Waals surface area contributed by atoms with Crippen molar-refractivity contribution < 1.29 is 8.42 Å². The SMILES string of the molecule is O=S(=O)(Nc1cccc2ncccc12)c1cc(Br)c(Br)s1. The molecule has 0 bridgehead atoms. The fraction of sp³-hybridized carbons (Fsp3) is 0. The average molecular weight is 448 g/mol. The smallest absolute Gasteiger partial charge is 0.271 e. The number of anilines is 1. The molecular weight excluding hydrogens is 440 g/mol. The van der Waals surface area contributed by atoms with Gasteiger partial charge in [0.15, 0.2) is 0 Å². The summed E-state index contributed by atoms with van der Waals surface area (Å²) in [7, 11) is -3.63. The zero-order chi connectivity index (χ0) is 15.0. The zero-order valence-electron chi connectivity index (χ0n) is 10.4. The topological polar surface area (TPSA) is 59.1 Å².